The molecule has 232 valence electrons. The molecule has 4 atom stereocenters. The van der Waals surface area contributed by atoms with Crippen molar-refractivity contribution in [1.82, 2.24) is 19.2 Å². The molecule has 1 saturated carbocycles. The van der Waals surface area contributed by atoms with Crippen molar-refractivity contribution in [2.75, 3.05) is 20.7 Å². The summed E-state index contributed by atoms with van der Waals surface area (Å²) in [4.78, 5) is 71.0. The molecule has 1 saturated heterocycles. The van der Waals surface area contributed by atoms with Gasteiger partial charge in [0, 0.05) is 31.3 Å². The topological polar surface area (TPSA) is 168 Å². The van der Waals surface area contributed by atoms with Crippen molar-refractivity contribution >= 4 is 51.5 Å². The zero-order valence-electron chi connectivity index (χ0n) is 24.6. The van der Waals surface area contributed by atoms with Crippen molar-refractivity contribution in [1.29, 1.82) is 0 Å². The Labute approximate surface area is 252 Å². The molecule has 0 aromatic carbocycles. The largest absolute Gasteiger partial charge is 0.508 e. The Bertz CT molecular complexity index is 1500. The lowest BCUT2D eigenvalue weighted by molar-refractivity contribution is -0.167. The number of thiazole rings is 1. The van der Waals surface area contributed by atoms with E-state index in [0.29, 0.717) is 15.3 Å². The van der Waals surface area contributed by atoms with E-state index in [2.05, 4.69) is 4.98 Å². The Balaban J connectivity index is 1.48. The molecule has 0 spiro atoms. The van der Waals surface area contributed by atoms with Crippen LogP contribution in [0.1, 0.15) is 74.2 Å². The predicted octanol–water partition coefficient (Wildman–Crippen LogP) is 2.96. The van der Waals surface area contributed by atoms with Gasteiger partial charge in [-0.05, 0) is 39.0 Å². The number of β-lactam (4-membered cyclic amide) rings is 1. The summed E-state index contributed by atoms with van der Waals surface area (Å²) in [5.41, 5.74) is -0.844. The van der Waals surface area contributed by atoms with Crippen molar-refractivity contribution in [2.24, 2.45) is 11.3 Å². The highest BCUT2D eigenvalue weighted by Gasteiger charge is 2.66. The van der Waals surface area contributed by atoms with Crippen LogP contribution >= 0.6 is 11.3 Å². The first-order chi connectivity index (χ1) is 20.3. The van der Waals surface area contributed by atoms with Gasteiger partial charge in [-0.25, -0.2) is 14.6 Å². The van der Waals surface area contributed by atoms with Crippen LogP contribution in [0, 0.1) is 11.3 Å². The molecule has 14 heteroatoms. The highest BCUT2D eigenvalue weighted by Crippen LogP contribution is 2.60. The summed E-state index contributed by atoms with van der Waals surface area (Å²) < 4.78 is 12.5. The van der Waals surface area contributed by atoms with E-state index in [0.717, 1.165) is 43.4 Å². The summed E-state index contributed by atoms with van der Waals surface area (Å²) in [6, 6.07) is -0.697. The number of aliphatic hydroxyl groups is 1. The third-order valence-corrected chi connectivity index (χ3v) is 9.88. The molecule has 2 aromatic rings. The second kappa shape index (κ2) is 11.7. The average molecular weight is 617 g/mol. The van der Waals surface area contributed by atoms with Gasteiger partial charge >= 0.3 is 12.1 Å². The molecule has 13 nitrogen and oxygen atoms in total. The Morgan fingerprint density at radius 2 is 1.91 bits per heavy atom. The number of Topliss-reactive ketones (excluding diaryl/α,β-unsaturated/α-hetero) is 1. The second-order valence-electron chi connectivity index (χ2n) is 11.9. The Kier molecular flexibility index (Phi) is 8.36. The van der Waals surface area contributed by atoms with Gasteiger partial charge in [0.15, 0.2) is 5.78 Å². The highest BCUT2D eigenvalue weighted by molar-refractivity contribution is 7.18. The number of imidazole rings is 1. The van der Waals surface area contributed by atoms with Crippen molar-refractivity contribution in [3.05, 3.63) is 28.8 Å². The SMILES string of the molecule is C[C@@H](O)[C@H]1C(=O)N2C(C(=O)O)=C(c3cn4cnc(C(=O)CC(=O)N(C)C)c4s3)C(C)(CCOC(=O)OC3CCCCC3)[C@@H]12. The molecule has 1 unspecified atom stereocenters. The van der Waals surface area contributed by atoms with E-state index in [1.165, 1.54) is 23.1 Å². The number of rotatable bonds is 10. The van der Waals surface area contributed by atoms with Gasteiger partial charge in [-0.3, -0.25) is 18.8 Å². The lowest BCUT2D eigenvalue weighted by Gasteiger charge is -2.50. The Hall–Kier alpha value is -3.78. The van der Waals surface area contributed by atoms with Crippen molar-refractivity contribution in [3.63, 3.8) is 0 Å². The van der Waals surface area contributed by atoms with Crippen LogP contribution in [0.4, 0.5) is 4.79 Å². The number of hydrogen-bond donors (Lipinski definition) is 2. The van der Waals surface area contributed by atoms with Gasteiger partial charge < -0.3 is 29.5 Å². The molecule has 4 heterocycles. The number of carbonyl (C=O) groups excluding carboxylic acids is 4. The molecule has 1 aliphatic carbocycles. The maximum Gasteiger partial charge on any atom is 0.508 e. The molecular formula is C29H36N4O9S. The lowest BCUT2D eigenvalue weighted by Crippen LogP contribution is -2.66. The number of aliphatic carboxylic acids is 1. The average Bonchev–Trinajstić information content (AvgIpc) is 3.57. The molecule has 2 N–H and O–H groups in total. The van der Waals surface area contributed by atoms with Gasteiger partial charge in [-0.1, -0.05) is 13.3 Å². The maximum atomic E-state index is 13.2. The molecule has 2 amide bonds. The first-order valence-electron chi connectivity index (χ1n) is 14.4. The number of hydrogen-bond acceptors (Lipinski definition) is 10. The molecule has 43 heavy (non-hydrogen) atoms. The Morgan fingerprint density at radius 3 is 2.53 bits per heavy atom. The molecule has 3 aliphatic rings. The molecule has 0 bridgehead atoms. The van der Waals surface area contributed by atoms with Gasteiger partial charge in [0.1, 0.15) is 28.7 Å². The fourth-order valence-electron chi connectivity index (χ4n) is 6.52. The van der Waals surface area contributed by atoms with Crippen LogP contribution in [0.15, 0.2) is 18.2 Å². The monoisotopic (exact) mass is 616 g/mol. The first kappa shape index (κ1) is 30.7. The molecule has 2 aromatic heterocycles. The smallest absolute Gasteiger partial charge is 0.477 e. The molecule has 2 aliphatic heterocycles. The molecule has 0 radical (unpaired) electrons. The van der Waals surface area contributed by atoms with E-state index in [4.69, 9.17) is 9.47 Å². The number of carboxylic acids is 1. The van der Waals surface area contributed by atoms with Crippen LogP contribution in [-0.2, 0) is 23.9 Å². The fraction of sp³-hybridized carbons (Fsp3) is 0.586. The van der Waals surface area contributed by atoms with Crippen LogP contribution in [0.5, 0.6) is 0 Å². The van der Waals surface area contributed by atoms with E-state index in [9.17, 15) is 34.2 Å². The molecule has 2 fully saturated rings. The number of nitrogens with zero attached hydrogens (tertiary/aromatic N) is 4. The number of aliphatic hydroxyl groups excluding tert-OH is 1. The number of amides is 2. The summed E-state index contributed by atoms with van der Waals surface area (Å²) in [5, 5.41) is 20.8. The predicted molar refractivity (Wildman–Crippen MR) is 153 cm³/mol. The van der Waals surface area contributed by atoms with Crippen LogP contribution in [0.2, 0.25) is 0 Å². The zero-order valence-corrected chi connectivity index (χ0v) is 25.4. The first-order valence-corrected chi connectivity index (χ1v) is 15.2. The van der Waals surface area contributed by atoms with Crippen molar-refractivity contribution in [3.8, 4) is 0 Å². The molecule has 5 rings (SSSR count). The third-order valence-electron chi connectivity index (χ3n) is 8.75. The van der Waals surface area contributed by atoms with Crippen LogP contribution < -0.4 is 0 Å². The summed E-state index contributed by atoms with van der Waals surface area (Å²) >= 11 is 1.12. The van der Waals surface area contributed by atoms with Gasteiger partial charge in [0.2, 0.25) is 11.8 Å². The summed E-state index contributed by atoms with van der Waals surface area (Å²) in [7, 11) is 3.10. The van der Waals surface area contributed by atoms with E-state index in [-0.39, 0.29) is 42.9 Å². The maximum absolute atomic E-state index is 13.2. The minimum Gasteiger partial charge on any atom is -0.477 e. The quantitative estimate of drug-likeness (QED) is 0.175. The van der Waals surface area contributed by atoms with Gasteiger partial charge in [-0.15, -0.1) is 11.3 Å². The van der Waals surface area contributed by atoms with E-state index in [1.54, 1.807) is 31.6 Å². The van der Waals surface area contributed by atoms with Gasteiger partial charge in [0.05, 0.1) is 36.0 Å². The number of aromatic nitrogens is 2. The number of ether oxygens (including phenoxy) is 2. The second-order valence-corrected chi connectivity index (χ2v) is 12.9. The highest BCUT2D eigenvalue weighted by atomic mass is 32.1. The Morgan fingerprint density at radius 1 is 1.21 bits per heavy atom. The van der Waals surface area contributed by atoms with Gasteiger partial charge in [0.25, 0.3) is 0 Å². The minimum atomic E-state index is -1.32. The normalized spacial score (nSPS) is 24.5. The van der Waals surface area contributed by atoms with Crippen molar-refractivity contribution in [2.45, 2.75) is 77.0 Å². The number of fused-ring (bicyclic) bond motifs is 2. The lowest BCUT2D eigenvalue weighted by atomic mass is 9.66. The van der Waals surface area contributed by atoms with E-state index >= 15 is 0 Å². The number of carbonyl (C=O) groups is 5. The van der Waals surface area contributed by atoms with E-state index in [1.807, 2.05) is 0 Å². The number of carboxylic acid groups (broad SMARTS) is 1. The zero-order chi connectivity index (χ0) is 31.2. The fourth-order valence-corrected chi connectivity index (χ4v) is 7.79. The molecular weight excluding hydrogens is 580 g/mol. The van der Waals surface area contributed by atoms with E-state index < -0.39 is 47.3 Å². The summed E-state index contributed by atoms with van der Waals surface area (Å²) in [5.74, 6) is -3.53. The van der Waals surface area contributed by atoms with Crippen LogP contribution in [0.3, 0.4) is 0 Å². The summed E-state index contributed by atoms with van der Waals surface area (Å²) in [6.45, 7) is 3.18. The van der Waals surface area contributed by atoms with Crippen molar-refractivity contribution < 1.29 is 43.7 Å². The number of ketones is 1. The van der Waals surface area contributed by atoms with Crippen LogP contribution in [0.25, 0.3) is 10.4 Å². The third kappa shape index (κ3) is 5.42. The van der Waals surface area contributed by atoms with Gasteiger partial charge in [-0.2, -0.15) is 0 Å². The minimum absolute atomic E-state index is 0.0821. The van der Waals surface area contributed by atoms with Crippen LogP contribution in [-0.4, -0.2) is 98.1 Å². The summed E-state index contributed by atoms with van der Waals surface area (Å²) in [6.07, 6.45) is 5.44. The standard InChI is InChI=1S/C29H36N4O9S/c1-15(34)20-24-29(2,10-11-41-28(40)42-16-8-6-5-7-9-16)21(23(27(38)39)33(24)25(20)37)18-13-32-14-30-22(26(32)43-18)17(35)12-19(36)31(3)4/h13-16,20,24,34H,5-12H2,1-4H3,(H,38,39)/t15-,20-,24-,29?/m1/s1.